The molecule has 118 valence electrons. The van der Waals surface area contributed by atoms with Gasteiger partial charge in [0.1, 0.15) is 0 Å². The predicted molar refractivity (Wildman–Crippen MR) is 85.9 cm³/mol. The molecule has 3 rings (SSSR count). The maximum atomic E-state index is 12.8. The quantitative estimate of drug-likeness (QED) is 0.920. The van der Waals surface area contributed by atoms with Crippen LogP contribution in [0.3, 0.4) is 0 Å². The van der Waals surface area contributed by atoms with Crippen molar-refractivity contribution in [1.82, 2.24) is 10.2 Å². The Morgan fingerprint density at radius 3 is 2.68 bits per heavy atom. The molecule has 1 heterocycles. The molecule has 1 aromatic carbocycles. The topological polar surface area (TPSA) is 52.7 Å². The van der Waals surface area contributed by atoms with Crippen LogP contribution in [0.5, 0.6) is 0 Å². The Morgan fingerprint density at radius 2 is 2.00 bits per heavy atom. The molecule has 0 radical (unpaired) electrons. The number of nitrogens with one attached hydrogen (secondary N) is 1. The number of carbonyl (C=O) groups is 2. The van der Waals surface area contributed by atoms with E-state index in [2.05, 4.69) is 12.2 Å². The summed E-state index contributed by atoms with van der Waals surface area (Å²) in [6, 6.07) is 7.72. The van der Waals surface area contributed by atoms with Crippen molar-refractivity contribution in [3.8, 4) is 0 Å². The molecule has 1 N–H and O–H groups in total. The number of para-hydroxylation sites is 1. The van der Waals surface area contributed by atoms with Crippen LogP contribution < -0.4 is 10.2 Å². The standard InChI is InChI=1S/C17H23N3O2/c1-12-11-20(10-9-18-12)17(22)14-5-3-4-6-15(14)19(2)16(21)13-7-8-13/h3-6,12-13,18H,7-11H2,1-2H3. The Bertz CT molecular complexity index is 583. The molecule has 0 spiro atoms. The summed E-state index contributed by atoms with van der Waals surface area (Å²) >= 11 is 0. The largest absolute Gasteiger partial charge is 0.336 e. The fourth-order valence-corrected chi connectivity index (χ4v) is 2.96. The molecule has 2 aliphatic rings. The number of anilines is 1. The summed E-state index contributed by atoms with van der Waals surface area (Å²) in [7, 11) is 1.77. The average Bonchev–Trinajstić information content (AvgIpc) is 3.37. The van der Waals surface area contributed by atoms with Crippen molar-refractivity contribution in [1.29, 1.82) is 0 Å². The first-order valence-electron chi connectivity index (χ1n) is 7.97. The van der Waals surface area contributed by atoms with Crippen molar-refractivity contribution in [3.63, 3.8) is 0 Å². The van der Waals surface area contributed by atoms with Gasteiger partial charge in [0.25, 0.3) is 5.91 Å². The molecule has 5 heteroatoms. The highest BCUT2D eigenvalue weighted by molar-refractivity contribution is 6.05. The van der Waals surface area contributed by atoms with Gasteiger partial charge in [0.2, 0.25) is 5.91 Å². The Hall–Kier alpha value is -1.88. The first kappa shape index (κ1) is 15.0. The van der Waals surface area contributed by atoms with E-state index in [1.165, 1.54) is 0 Å². The van der Waals surface area contributed by atoms with Crippen molar-refractivity contribution in [2.24, 2.45) is 5.92 Å². The number of carbonyl (C=O) groups excluding carboxylic acids is 2. The molecule has 1 saturated carbocycles. The zero-order valence-corrected chi connectivity index (χ0v) is 13.2. The van der Waals surface area contributed by atoms with E-state index in [1.54, 1.807) is 11.9 Å². The molecule has 22 heavy (non-hydrogen) atoms. The van der Waals surface area contributed by atoms with E-state index >= 15 is 0 Å². The highest BCUT2D eigenvalue weighted by Crippen LogP contribution is 2.33. The Balaban J connectivity index is 1.83. The molecule has 1 aliphatic heterocycles. The SMILES string of the molecule is CC1CN(C(=O)c2ccccc2N(C)C(=O)C2CC2)CCN1. The van der Waals surface area contributed by atoms with Crippen LogP contribution in [0.2, 0.25) is 0 Å². The third-order valence-electron chi connectivity index (χ3n) is 4.41. The van der Waals surface area contributed by atoms with E-state index < -0.39 is 0 Å². The second kappa shape index (κ2) is 6.08. The van der Waals surface area contributed by atoms with Gasteiger partial charge in [-0.2, -0.15) is 0 Å². The first-order chi connectivity index (χ1) is 10.6. The summed E-state index contributed by atoms with van der Waals surface area (Å²) in [4.78, 5) is 28.7. The highest BCUT2D eigenvalue weighted by atomic mass is 16.2. The van der Waals surface area contributed by atoms with Gasteiger partial charge in [-0.3, -0.25) is 9.59 Å². The number of nitrogens with zero attached hydrogens (tertiary/aromatic N) is 2. The minimum absolute atomic E-state index is 0.0133. The van der Waals surface area contributed by atoms with Gasteiger partial charge in [-0.1, -0.05) is 12.1 Å². The van der Waals surface area contributed by atoms with Gasteiger partial charge in [0, 0.05) is 38.6 Å². The van der Waals surface area contributed by atoms with Crippen LogP contribution in [0.15, 0.2) is 24.3 Å². The van der Waals surface area contributed by atoms with Gasteiger partial charge in [-0.15, -0.1) is 0 Å². The molecule has 0 bridgehead atoms. The lowest BCUT2D eigenvalue weighted by molar-refractivity contribution is -0.119. The molecule has 1 saturated heterocycles. The maximum Gasteiger partial charge on any atom is 0.256 e. The molecular formula is C17H23N3O2. The third-order valence-corrected chi connectivity index (χ3v) is 4.41. The van der Waals surface area contributed by atoms with Crippen LogP contribution in [-0.2, 0) is 4.79 Å². The van der Waals surface area contributed by atoms with Gasteiger partial charge >= 0.3 is 0 Å². The predicted octanol–water partition coefficient (Wildman–Crippen LogP) is 1.49. The summed E-state index contributed by atoms with van der Waals surface area (Å²) in [6.45, 7) is 4.30. The van der Waals surface area contributed by atoms with Crippen LogP contribution in [0.1, 0.15) is 30.1 Å². The van der Waals surface area contributed by atoms with E-state index in [9.17, 15) is 9.59 Å². The monoisotopic (exact) mass is 301 g/mol. The first-order valence-corrected chi connectivity index (χ1v) is 7.97. The number of hydrogen-bond acceptors (Lipinski definition) is 3. The van der Waals surface area contributed by atoms with E-state index in [0.29, 0.717) is 24.7 Å². The van der Waals surface area contributed by atoms with Crippen molar-refractivity contribution in [3.05, 3.63) is 29.8 Å². The van der Waals surface area contributed by atoms with E-state index in [1.807, 2.05) is 29.2 Å². The Morgan fingerprint density at radius 1 is 1.27 bits per heavy atom. The van der Waals surface area contributed by atoms with Crippen LogP contribution in [0.4, 0.5) is 5.69 Å². The molecule has 5 nitrogen and oxygen atoms in total. The lowest BCUT2D eigenvalue weighted by atomic mass is 10.1. The molecule has 1 aliphatic carbocycles. The number of piperazine rings is 1. The number of benzene rings is 1. The second-order valence-electron chi connectivity index (χ2n) is 6.30. The van der Waals surface area contributed by atoms with Gasteiger partial charge in [-0.05, 0) is 31.9 Å². The number of hydrogen-bond donors (Lipinski definition) is 1. The van der Waals surface area contributed by atoms with E-state index in [-0.39, 0.29) is 17.7 Å². The third kappa shape index (κ3) is 2.99. The fraction of sp³-hybridized carbons (Fsp3) is 0.529. The fourth-order valence-electron chi connectivity index (χ4n) is 2.96. The summed E-state index contributed by atoms with van der Waals surface area (Å²) in [5, 5.41) is 3.34. The summed E-state index contributed by atoms with van der Waals surface area (Å²) in [5.41, 5.74) is 1.34. The summed E-state index contributed by atoms with van der Waals surface area (Å²) in [5.74, 6) is 0.278. The van der Waals surface area contributed by atoms with E-state index in [4.69, 9.17) is 0 Å². The molecule has 1 unspecified atom stereocenters. The molecule has 2 fully saturated rings. The van der Waals surface area contributed by atoms with Gasteiger partial charge in [0.15, 0.2) is 0 Å². The molecule has 0 aromatic heterocycles. The van der Waals surface area contributed by atoms with Crippen LogP contribution in [0.25, 0.3) is 0 Å². The molecule has 2 amide bonds. The van der Waals surface area contributed by atoms with Crippen LogP contribution in [-0.4, -0.2) is 49.4 Å². The molecular weight excluding hydrogens is 278 g/mol. The van der Waals surface area contributed by atoms with Gasteiger partial charge in [-0.25, -0.2) is 0 Å². The molecule has 1 atom stereocenters. The number of amides is 2. The van der Waals surface area contributed by atoms with Gasteiger partial charge in [0.05, 0.1) is 11.3 Å². The van der Waals surface area contributed by atoms with Crippen LogP contribution in [0, 0.1) is 5.92 Å². The lowest BCUT2D eigenvalue weighted by Gasteiger charge is -2.33. The van der Waals surface area contributed by atoms with E-state index in [0.717, 1.165) is 25.1 Å². The van der Waals surface area contributed by atoms with Crippen molar-refractivity contribution < 1.29 is 9.59 Å². The van der Waals surface area contributed by atoms with Crippen molar-refractivity contribution in [2.75, 3.05) is 31.6 Å². The Kier molecular flexibility index (Phi) is 4.16. The summed E-state index contributed by atoms with van der Waals surface area (Å²) in [6.07, 6.45) is 1.93. The highest BCUT2D eigenvalue weighted by Gasteiger charge is 2.34. The van der Waals surface area contributed by atoms with Crippen molar-refractivity contribution in [2.45, 2.75) is 25.8 Å². The molecule has 1 aromatic rings. The average molecular weight is 301 g/mol. The minimum atomic E-state index is 0.0133. The van der Waals surface area contributed by atoms with Crippen molar-refractivity contribution >= 4 is 17.5 Å². The Labute approximate surface area is 131 Å². The maximum absolute atomic E-state index is 12.8. The van der Waals surface area contributed by atoms with Gasteiger partial charge < -0.3 is 15.1 Å². The second-order valence-corrected chi connectivity index (χ2v) is 6.30. The zero-order valence-electron chi connectivity index (χ0n) is 13.2. The normalized spacial score (nSPS) is 21.5. The smallest absolute Gasteiger partial charge is 0.256 e. The summed E-state index contributed by atoms with van der Waals surface area (Å²) < 4.78 is 0. The minimum Gasteiger partial charge on any atom is -0.336 e. The van der Waals surface area contributed by atoms with Crippen LogP contribution >= 0.6 is 0 Å². The zero-order chi connectivity index (χ0) is 15.7. The number of rotatable bonds is 3. The lowest BCUT2D eigenvalue weighted by Crippen LogP contribution is -2.51.